The summed E-state index contributed by atoms with van der Waals surface area (Å²) in [6, 6.07) is 7.75. The van der Waals surface area contributed by atoms with Crippen LogP contribution in [0.1, 0.15) is 50.1 Å². The highest BCUT2D eigenvalue weighted by atomic mass is 19.1. The lowest BCUT2D eigenvalue weighted by atomic mass is 9.84. The average molecular weight is 321 g/mol. The molecule has 4 heteroatoms. The number of halogens is 1. The Balaban J connectivity index is 1.72. The van der Waals surface area contributed by atoms with Gasteiger partial charge in [0, 0.05) is 38.0 Å². The molecule has 1 heterocycles. The molecule has 3 rings (SSSR count). The van der Waals surface area contributed by atoms with Gasteiger partial charge < -0.3 is 14.8 Å². The Kier molecular flexibility index (Phi) is 6.03. The molecule has 0 spiro atoms. The molecule has 0 amide bonds. The van der Waals surface area contributed by atoms with Crippen LogP contribution in [0.4, 0.5) is 4.39 Å². The lowest BCUT2D eigenvalue weighted by Gasteiger charge is -2.37. The van der Waals surface area contributed by atoms with Crippen molar-refractivity contribution in [2.24, 2.45) is 5.92 Å². The summed E-state index contributed by atoms with van der Waals surface area (Å²) in [6.07, 6.45) is 6.78. The molecule has 23 heavy (non-hydrogen) atoms. The quantitative estimate of drug-likeness (QED) is 0.894. The van der Waals surface area contributed by atoms with Gasteiger partial charge in [-0.1, -0.05) is 18.2 Å². The van der Waals surface area contributed by atoms with Gasteiger partial charge in [0.05, 0.1) is 6.10 Å². The standard InChI is InChI=1S/C19H28FNO2/c1-22-16-8-6-15(7-9-16)21-19(14-10-12-23-13-11-14)17-4-2-3-5-18(17)20/h2-5,14-16,19,21H,6-13H2,1H3. The molecule has 0 bridgehead atoms. The lowest BCUT2D eigenvalue weighted by Crippen LogP contribution is -2.41. The first-order chi connectivity index (χ1) is 11.3. The average Bonchev–Trinajstić information content (AvgIpc) is 2.62. The highest BCUT2D eigenvalue weighted by Crippen LogP contribution is 2.33. The minimum absolute atomic E-state index is 0.0872. The third-order valence-electron chi connectivity index (χ3n) is 5.40. The first-order valence-corrected chi connectivity index (χ1v) is 8.89. The molecule has 1 unspecified atom stereocenters. The van der Waals surface area contributed by atoms with Crippen LogP contribution < -0.4 is 5.32 Å². The summed E-state index contributed by atoms with van der Waals surface area (Å²) >= 11 is 0. The van der Waals surface area contributed by atoms with Gasteiger partial charge in [-0.15, -0.1) is 0 Å². The molecule has 1 aromatic carbocycles. The van der Waals surface area contributed by atoms with Gasteiger partial charge >= 0.3 is 0 Å². The molecule has 2 fully saturated rings. The molecule has 3 nitrogen and oxygen atoms in total. The van der Waals surface area contributed by atoms with Crippen LogP contribution in [-0.2, 0) is 9.47 Å². The van der Waals surface area contributed by atoms with Crippen LogP contribution in [0.25, 0.3) is 0 Å². The number of hydrogen-bond donors (Lipinski definition) is 1. The normalized spacial score (nSPS) is 27.7. The number of nitrogens with one attached hydrogen (secondary N) is 1. The van der Waals surface area contributed by atoms with Crippen molar-refractivity contribution >= 4 is 0 Å². The zero-order chi connectivity index (χ0) is 16.1. The van der Waals surface area contributed by atoms with Gasteiger partial charge in [-0.25, -0.2) is 4.39 Å². The Morgan fingerprint density at radius 3 is 2.43 bits per heavy atom. The number of hydrogen-bond acceptors (Lipinski definition) is 3. The van der Waals surface area contributed by atoms with Crippen LogP contribution in [0, 0.1) is 11.7 Å². The molecule has 1 aliphatic heterocycles. The van der Waals surface area contributed by atoms with Crippen molar-refractivity contribution in [2.75, 3.05) is 20.3 Å². The summed E-state index contributed by atoms with van der Waals surface area (Å²) in [5.41, 5.74) is 0.813. The van der Waals surface area contributed by atoms with Crippen molar-refractivity contribution in [3.05, 3.63) is 35.6 Å². The second kappa shape index (κ2) is 8.22. The Morgan fingerprint density at radius 1 is 1.09 bits per heavy atom. The van der Waals surface area contributed by atoms with Gasteiger partial charge in [-0.05, 0) is 50.5 Å². The summed E-state index contributed by atoms with van der Waals surface area (Å²) in [5.74, 6) is 0.350. The Hall–Kier alpha value is -0.970. The van der Waals surface area contributed by atoms with Crippen LogP contribution in [0.2, 0.25) is 0 Å². The Morgan fingerprint density at radius 2 is 1.78 bits per heavy atom. The minimum atomic E-state index is -0.0953. The predicted octanol–water partition coefficient (Wildman–Crippen LogP) is 3.84. The molecule has 2 aliphatic rings. The second-order valence-electron chi connectivity index (χ2n) is 6.82. The summed E-state index contributed by atoms with van der Waals surface area (Å²) in [6.45, 7) is 1.57. The van der Waals surface area contributed by atoms with Crippen molar-refractivity contribution < 1.29 is 13.9 Å². The monoisotopic (exact) mass is 321 g/mol. The zero-order valence-corrected chi connectivity index (χ0v) is 14.0. The van der Waals surface area contributed by atoms with E-state index < -0.39 is 0 Å². The maximum atomic E-state index is 14.4. The summed E-state index contributed by atoms with van der Waals surface area (Å²) in [4.78, 5) is 0. The molecule has 1 N–H and O–H groups in total. The van der Waals surface area contributed by atoms with Gasteiger partial charge in [0.1, 0.15) is 5.82 Å². The molecule has 1 aromatic rings. The largest absolute Gasteiger partial charge is 0.381 e. The minimum Gasteiger partial charge on any atom is -0.381 e. The van der Waals surface area contributed by atoms with Crippen LogP contribution >= 0.6 is 0 Å². The molecule has 128 valence electrons. The number of ether oxygens (including phenoxy) is 2. The molecular formula is C19H28FNO2. The molecule has 1 saturated heterocycles. The predicted molar refractivity (Wildman–Crippen MR) is 88.9 cm³/mol. The topological polar surface area (TPSA) is 30.5 Å². The Bertz CT molecular complexity index is 482. The summed E-state index contributed by atoms with van der Waals surface area (Å²) in [5, 5.41) is 3.78. The highest BCUT2D eigenvalue weighted by Gasteiger charge is 2.30. The van der Waals surface area contributed by atoms with E-state index in [1.807, 2.05) is 12.1 Å². The fourth-order valence-corrected chi connectivity index (χ4v) is 3.98. The fraction of sp³-hybridized carbons (Fsp3) is 0.684. The third-order valence-corrected chi connectivity index (χ3v) is 5.40. The smallest absolute Gasteiger partial charge is 0.127 e. The first kappa shape index (κ1) is 16.9. The fourth-order valence-electron chi connectivity index (χ4n) is 3.98. The second-order valence-corrected chi connectivity index (χ2v) is 6.82. The van der Waals surface area contributed by atoms with Gasteiger partial charge in [0.25, 0.3) is 0 Å². The van der Waals surface area contributed by atoms with E-state index in [4.69, 9.17) is 9.47 Å². The number of rotatable bonds is 5. The van der Waals surface area contributed by atoms with Gasteiger partial charge in [-0.2, -0.15) is 0 Å². The van der Waals surface area contributed by atoms with Crippen molar-refractivity contribution in [2.45, 2.75) is 56.7 Å². The van der Waals surface area contributed by atoms with Gasteiger partial charge in [0.15, 0.2) is 0 Å². The summed E-state index contributed by atoms with van der Waals surface area (Å²) in [7, 11) is 1.79. The van der Waals surface area contributed by atoms with Crippen LogP contribution in [0.5, 0.6) is 0 Å². The van der Waals surface area contributed by atoms with Crippen molar-refractivity contribution in [3.8, 4) is 0 Å². The van der Waals surface area contributed by atoms with E-state index >= 15 is 0 Å². The van der Waals surface area contributed by atoms with E-state index in [0.29, 0.717) is 18.1 Å². The molecule has 1 aliphatic carbocycles. The summed E-state index contributed by atoms with van der Waals surface area (Å²) < 4.78 is 25.3. The lowest BCUT2D eigenvalue weighted by molar-refractivity contribution is 0.0418. The van der Waals surface area contributed by atoms with Gasteiger partial charge in [-0.3, -0.25) is 0 Å². The SMILES string of the molecule is COC1CCC(NC(c2ccccc2F)C2CCOCC2)CC1. The number of methoxy groups -OCH3 is 1. The zero-order valence-electron chi connectivity index (χ0n) is 14.0. The van der Waals surface area contributed by atoms with Crippen molar-refractivity contribution in [1.82, 2.24) is 5.32 Å². The Labute approximate surface area is 138 Å². The van der Waals surface area contributed by atoms with E-state index in [2.05, 4.69) is 5.32 Å². The maximum absolute atomic E-state index is 14.4. The van der Waals surface area contributed by atoms with E-state index in [-0.39, 0.29) is 11.9 Å². The molecule has 1 saturated carbocycles. The van der Waals surface area contributed by atoms with Crippen LogP contribution in [-0.4, -0.2) is 32.5 Å². The van der Waals surface area contributed by atoms with Crippen molar-refractivity contribution in [1.29, 1.82) is 0 Å². The first-order valence-electron chi connectivity index (χ1n) is 8.89. The van der Waals surface area contributed by atoms with Crippen LogP contribution in [0.3, 0.4) is 0 Å². The third kappa shape index (κ3) is 4.31. The van der Waals surface area contributed by atoms with Gasteiger partial charge in [0.2, 0.25) is 0 Å². The maximum Gasteiger partial charge on any atom is 0.127 e. The van der Waals surface area contributed by atoms with Crippen molar-refractivity contribution in [3.63, 3.8) is 0 Å². The molecule has 1 atom stereocenters. The van der Waals surface area contributed by atoms with E-state index in [9.17, 15) is 4.39 Å². The molecule has 0 radical (unpaired) electrons. The molecule has 0 aromatic heterocycles. The van der Waals surface area contributed by atoms with E-state index in [1.165, 1.54) is 0 Å². The van der Waals surface area contributed by atoms with E-state index in [1.54, 1.807) is 19.2 Å². The highest BCUT2D eigenvalue weighted by molar-refractivity contribution is 5.22. The van der Waals surface area contributed by atoms with Crippen LogP contribution in [0.15, 0.2) is 24.3 Å². The van der Waals surface area contributed by atoms with E-state index in [0.717, 1.165) is 57.3 Å². The number of benzene rings is 1. The molecular weight excluding hydrogens is 293 g/mol.